The molecule has 3 aliphatic rings. The van der Waals surface area contributed by atoms with Crippen molar-refractivity contribution >= 4 is 17.8 Å². The first kappa shape index (κ1) is 13.4. The molecule has 1 unspecified atom stereocenters. The Morgan fingerprint density at radius 1 is 1.35 bits per heavy atom. The van der Waals surface area contributed by atoms with E-state index in [-0.39, 0.29) is 17.7 Å². The SMILES string of the molecule is CN1C(=O)CCC1C(=O)N1C[C@@H]2CCC[C@@]2(C(=O)O)C1. The molecule has 110 valence electrons. The van der Waals surface area contributed by atoms with Gasteiger partial charge in [-0.2, -0.15) is 0 Å². The molecule has 0 spiro atoms. The highest BCUT2D eigenvalue weighted by Gasteiger charge is 2.56. The highest BCUT2D eigenvalue weighted by atomic mass is 16.4. The van der Waals surface area contributed by atoms with Crippen LogP contribution in [0.4, 0.5) is 0 Å². The van der Waals surface area contributed by atoms with Gasteiger partial charge in [0.15, 0.2) is 0 Å². The van der Waals surface area contributed by atoms with Crippen molar-refractivity contribution in [3.63, 3.8) is 0 Å². The Labute approximate surface area is 117 Å². The van der Waals surface area contributed by atoms with E-state index in [4.69, 9.17) is 0 Å². The second-order valence-electron chi connectivity index (χ2n) is 6.33. The number of rotatable bonds is 2. The number of aliphatic carboxylic acids is 1. The number of carboxylic acid groups (broad SMARTS) is 1. The van der Waals surface area contributed by atoms with E-state index < -0.39 is 17.4 Å². The van der Waals surface area contributed by atoms with E-state index >= 15 is 0 Å². The van der Waals surface area contributed by atoms with Crippen molar-refractivity contribution in [1.29, 1.82) is 0 Å². The van der Waals surface area contributed by atoms with E-state index in [2.05, 4.69) is 0 Å². The quantitative estimate of drug-likeness (QED) is 0.790. The first-order valence-electron chi connectivity index (χ1n) is 7.23. The molecule has 1 N–H and O–H groups in total. The molecule has 1 aliphatic carbocycles. The molecule has 2 saturated heterocycles. The molecule has 0 radical (unpaired) electrons. The first-order valence-corrected chi connectivity index (χ1v) is 7.23. The van der Waals surface area contributed by atoms with Gasteiger partial charge in [-0.05, 0) is 25.2 Å². The van der Waals surface area contributed by atoms with Gasteiger partial charge in [-0.1, -0.05) is 6.42 Å². The van der Waals surface area contributed by atoms with Crippen molar-refractivity contribution in [2.75, 3.05) is 20.1 Å². The van der Waals surface area contributed by atoms with Crippen LogP contribution in [0.3, 0.4) is 0 Å². The van der Waals surface area contributed by atoms with Gasteiger partial charge in [0.1, 0.15) is 6.04 Å². The number of amides is 2. The van der Waals surface area contributed by atoms with Gasteiger partial charge in [-0.3, -0.25) is 14.4 Å². The van der Waals surface area contributed by atoms with E-state index in [1.165, 1.54) is 4.90 Å². The fourth-order valence-electron chi connectivity index (χ4n) is 4.11. The van der Waals surface area contributed by atoms with Crippen molar-refractivity contribution in [1.82, 2.24) is 9.80 Å². The summed E-state index contributed by atoms with van der Waals surface area (Å²) >= 11 is 0. The zero-order valence-corrected chi connectivity index (χ0v) is 11.7. The van der Waals surface area contributed by atoms with Crippen LogP contribution in [0.5, 0.6) is 0 Å². The van der Waals surface area contributed by atoms with E-state index in [1.54, 1.807) is 11.9 Å². The first-order chi connectivity index (χ1) is 9.45. The average Bonchev–Trinajstić information content (AvgIpc) is 3.03. The minimum Gasteiger partial charge on any atom is -0.481 e. The van der Waals surface area contributed by atoms with Crippen molar-refractivity contribution in [2.45, 2.75) is 38.1 Å². The second-order valence-corrected chi connectivity index (χ2v) is 6.33. The zero-order chi connectivity index (χ0) is 14.5. The summed E-state index contributed by atoms with van der Waals surface area (Å²) in [6.07, 6.45) is 3.44. The largest absolute Gasteiger partial charge is 0.481 e. The van der Waals surface area contributed by atoms with E-state index in [9.17, 15) is 19.5 Å². The van der Waals surface area contributed by atoms with Crippen LogP contribution in [-0.4, -0.2) is 58.9 Å². The maximum Gasteiger partial charge on any atom is 0.311 e. The molecule has 2 aliphatic heterocycles. The molecule has 0 bridgehead atoms. The van der Waals surface area contributed by atoms with Crippen molar-refractivity contribution in [3.05, 3.63) is 0 Å². The Bertz CT molecular complexity index is 478. The fourth-order valence-corrected chi connectivity index (χ4v) is 4.11. The van der Waals surface area contributed by atoms with Crippen molar-refractivity contribution in [2.24, 2.45) is 11.3 Å². The molecule has 3 rings (SSSR count). The van der Waals surface area contributed by atoms with Gasteiger partial charge >= 0.3 is 5.97 Å². The number of nitrogens with zero attached hydrogens (tertiary/aromatic N) is 2. The van der Waals surface area contributed by atoms with E-state index in [1.807, 2.05) is 0 Å². The summed E-state index contributed by atoms with van der Waals surface area (Å²) in [5, 5.41) is 9.53. The van der Waals surface area contributed by atoms with Crippen LogP contribution < -0.4 is 0 Å². The van der Waals surface area contributed by atoms with Crippen LogP contribution in [0.25, 0.3) is 0 Å². The standard InChI is InChI=1S/C14H20N2O4/c1-15-10(4-5-11(15)17)12(18)16-7-9-3-2-6-14(9,8-16)13(19)20/h9-10H,2-8H2,1H3,(H,19,20)/t9-,10?,14+/m0/s1. The van der Waals surface area contributed by atoms with E-state index in [0.29, 0.717) is 32.4 Å². The monoisotopic (exact) mass is 280 g/mol. The van der Waals surface area contributed by atoms with Crippen molar-refractivity contribution < 1.29 is 19.5 Å². The van der Waals surface area contributed by atoms with Gasteiger partial charge < -0.3 is 14.9 Å². The molecule has 20 heavy (non-hydrogen) atoms. The minimum atomic E-state index is -0.772. The molecule has 3 atom stereocenters. The van der Waals surface area contributed by atoms with Crippen LogP contribution in [0.15, 0.2) is 0 Å². The summed E-state index contributed by atoms with van der Waals surface area (Å²) in [6, 6.07) is -0.396. The third kappa shape index (κ3) is 1.73. The Morgan fingerprint density at radius 2 is 2.10 bits per heavy atom. The van der Waals surface area contributed by atoms with Crippen LogP contribution in [0, 0.1) is 11.3 Å². The third-order valence-electron chi connectivity index (χ3n) is 5.39. The van der Waals surface area contributed by atoms with E-state index in [0.717, 1.165) is 12.8 Å². The van der Waals surface area contributed by atoms with Gasteiger partial charge in [0, 0.05) is 26.6 Å². The summed E-state index contributed by atoms with van der Waals surface area (Å²) < 4.78 is 0. The predicted octanol–water partition coefficient (Wildman–Crippen LogP) is 0.320. The van der Waals surface area contributed by atoms with Crippen molar-refractivity contribution in [3.8, 4) is 0 Å². The molecule has 2 amide bonds. The molecule has 0 aromatic rings. The lowest BCUT2D eigenvalue weighted by Crippen LogP contribution is -2.45. The lowest BCUT2D eigenvalue weighted by atomic mass is 9.81. The maximum absolute atomic E-state index is 12.5. The molecule has 2 heterocycles. The van der Waals surface area contributed by atoms with Gasteiger partial charge in [0.2, 0.25) is 11.8 Å². The second kappa shape index (κ2) is 4.46. The summed E-state index contributed by atoms with van der Waals surface area (Å²) in [5.74, 6) is -0.776. The topological polar surface area (TPSA) is 77.9 Å². The summed E-state index contributed by atoms with van der Waals surface area (Å²) in [4.78, 5) is 38.9. The Hall–Kier alpha value is -1.59. The smallest absolute Gasteiger partial charge is 0.311 e. The number of fused-ring (bicyclic) bond motifs is 1. The van der Waals surface area contributed by atoms with Gasteiger partial charge in [-0.25, -0.2) is 0 Å². The molecular weight excluding hydrogens is 260 g/mol. The highest BCUT2D eigenvalue weighted by molar-refractivity contribution is 5.91. The molecule has 3 fully saturated rings. The summed E-state index contributed by atoms with van der Waals surface area (Å²) in [6.45, 7) is 0.841. The number of likely N-dealkylation sites (tertiary alicyclic amines) is 2. The maximum atomic E-state index is 12.5. The number of hydrogen-bond donors (Lipinski definition) is 1. The van der Waals surface area contributed by atoms with Gasteiger partial charge in [0.05, 0.1) is 5.41 Å². The normalized spacial score (nSPS) is 36.5. The van der Waals surface area contributed by atoms with Crippen LogP contribution in [0.2, 0.25) is 0 Å². The average molecular weight is 280 g/mol. The zero-order valence-electron chi connectivity index (χ0n) is 11.7. The molecule has 0 aromatic heterocycles. The van der Waals surface area contributed by atoms with Crippen LogP contribution >= 0.6 is 0 Å². The van der Waals surface area contributed by atoms with Crippen LogP contribution in [0.1, 0.15) is 32.1 Å². The molecule has 6 nitrogen and oxygen atoms in total. The third-order valence-corrected chi connectivity index (χ3v) is 5.39. The molecule has 0 aromatic carbocycles. The van der Waals surface area contributed by atoms with Gasteiger partial charge in [-0.15, -0.1) is 0 Å². The van der Waals surface area contributed by atoms with Gasteiger partial charge in [0.25, 0.3) is 0 Å². The Balaban J connectivity index is 1.76. The lowest BCUT2D eigenvalue weighted by Gasteiger charge is -2.27. The Kier molecular flexibility index (Phi) is 2.99. The number of likely N-dealkylation sites (N-methyl/N-ethyl adjacent to an activating group) is 1. The molecular formula is C14H20N2O4. The number of carboxylic acids is 1. The number of hydrogen-bond acceptors (Lipinski definition) is 3. The predicted molar refractivity (Wildman–Crippen MR) is 69.8 cm³/mol. The molecule has 6 heteroatoms. The summed E-state index contributed by atoms with van der Waals surface area (Å²) in [7, 11) is 1.65. The number of carbonyl (C=O) groups excluding carboxylic acids is 2. The fraction of sp³-hybridized carbons (Fsp3) is 0.786. The van der Waals surface area contributed by atoms with Crippen LogP contribution in [-0.2, 0) is 14.4 Å². The highest BCUT2D eigenvalue weighted by Crippen LogP contribution is 2.49. The Morgan fingerprint density at radius 3 is 2.65 bits per heavy atom. The number of carbonyl (C=O) groups is 3. The molecule has 1 saturated carbocycles. The minimum absolute atomic E-state index is 0.00399. The summed E-state index contributed by atoms with van der Waals surface area (Å²) in [5.41, 5.74) is -0.739. The lowest BCUT2D eigenvalue weighted by molar-refractivity contribution is -0.150.